The number of carbonyl (C=O) groups excluding carboxylic acids is 1. The maximum atomic E-state index is 13.0. The van der Waals surface area contributed by atoms with Crippen molar-refractivity contribution < 1.29 is 22.7 Å². The molecule has 0 aromatic heterocycles. The van der Waals surface area contributed by atoms with Crippen LogP contribution in [0, 0.1) is 5.92 Å². The van der Waals surface area contributed by atoms with E-state index in [0.29, 0.717) is 59.7 Å². The second kappa shape index (κ2) is 10.1. The SMILES string of the molecule is C[C@H](NC(=O)[C@H]1CCCN(S(=O)(=O)Cc2ccc(Cl)c(Cl)c2)C1)c1ccc2c(c1)OCCO2. The summed E-state index contributed by atoms with van der Waals surface area (Å²) in [5.74, 6) is 0.593. The molecule has 0 radical (unpaired) electrons. The van der Waals surface area contributed by atoms with Crippen LogP contribution in [-0.4, -0.2) is 44.9 Å². The van der Waals surface area contributed by atoms with E-state index in [9.17, 15) is 13.2 Å². The van der Waals surface area contributed by atoms with Crippen LogP contribution in [-0.2, 0) is 20.6 Å². The van der Waals surface area contributed by atoms with E-state index in [-0.39, 0.29) is 24.2 Å². The number of fused-ring (bicyclic) bond motifs is 1. The summed E-state index contributed by atoms with van der Waals surface area (Å²) >= 11 is 11.9. The van der Waals surface area contributed by atoms with Gasteiger partial charge in [0, 0.05) is 13.1 Å². The maximum absolute atomic E-state index is 13.0. The molecule has 2 aromatic carbocycles. The fraction of sp³-hybridized carbons (Fsp3) is 0.435. The van der Waals surface area contributed by atoms with Crippen LogP contribution in [0.1, 0.15) is 36.9 Å². The monoisotopic (exact) mass is 512 g/mol. The van der Waals surface area contributed by atoms with E-state index >= 15 is 0 Å². The molecule has 2 aromatic rings. The average Bonchev–Trinajstić information content (AvgIpc) is 2.81. The van der Waals surface area contributed by atoms with Gasteiger partial charge in [0.05, 0.1) is 27.8 Å². The number of nitrogens with zero attached hydrogens (tertiary/aromatic N) is 1. The van der Waals surface area contributed by atoms with E-state index < -0.39 is 15.9 Å². The first kappa shape index (κ1) is 24.1. The number of benzene rings is 2. The Kier molecular flexibility index (Phi) is 7.38. The normalized spacial score (nSPS) is 19.7. The Hall–Kier alpha value is -2.00. The number of hydrogen-bond acceptors (Lipinski definition) is 5. The van der Waals surface area contributed by atoms with Crippen LogP contribution < -0.4 is 14.8 Å². The fourth-order valence-electron chi connectivity index (χ4n) is 4.08. The molecule has 0 unspecified atom stereocenters. The number of halogens is 2. The summed E-state index contributed by atoms with van der Waals surface area (Å²) in [6, 6.07) is 10.1. The lowest BCUT2D eigenvalue weighted by Gasteiger charge is -2.32. The first-order chi connectivity index (χ1) is 15.7. The Morgan fingerprint density at radius 2 is 1.88 bits per heavy atom. The molecule has 1 saturated heterocycles. The molecule has 33 heavy (non-hydrogen) atoms. The lowest BCUT2D eigenvalue weighted by atomic mass is 9.97. The Morgan fingerprint density at radius 3 is 2.64 bits per heavy atom. The number of sulfonamides is 1. The van der Waals surface area contributed by atoms with Gasteiger partial charge in [0.15, 0.2) is 11.5 Å². The lowest BCUT2D eigenvalue weighted by Crippen LogP contribution is -2.46. The molecular formula is C23H26Cl2N2O5S. The minimum Gasteiger partial charge on any atom is -0.486 e. The summed E-state index contributed by atoms with van der Waals surface area (Å²) in [5, 5.41) is 3.71. The van der Waals surface area contributed by atoms with Crippen LogP contribution in [0.2, 0.25) is 10.0 Å². The van der Waals surface area contributed by atoms with Crippen molar-refractivity contribution in [2.75, 3.05) is 26.3 Å². The summed E-state index contributed by atoms with van der Waals surface area (Å²) in [4.78, 5) is 13.0. The van der Waals surface area contributed by atoms with E-state index in [1.807, 2.05) is 25.1 Å². The minimum absolute atomic E-state index is 0.156. The molecule has 0 spiro atoms. The summed E-state index contributed by atoms with van der Waals surface area (Å²) in [7, 11) is -3.60. The zero-order valence-corrected chi connectivity index (χ0v) is 20.5. The third-order valence-corrected chi connectivity index (χ3v) is 8.46. The van der Waals surface area contributed by atoms with Crippen molar-refractivity contribution in [3.63, 3.8) is 0 Å². The number of amides is 1. The molecule has 2 aliphatic rings. The molecule has 4 rings (SSSR count). The van der Waals surface area contributed by atoms with Crippen LogP contribution in [0.4, 0.5) is 0 Å². The second-order valence-electron chi connectivity index (χ2n) is 8.34. The maximum Gasteiger partial charge on any atom is 0.224 e. The van der Waals surface area contributed by atoms with Gasteiger partial charge in [0.2, 0.25) is 15.9 Å². The summed E-state index contributed by atoms with van der Waals surface area (Å²) < 4.78 is 38.6. The molecule has 1 N–H and O–H groups in total. The molecule has 2 atom stereocenters. The van der Waals surface area contributed by atoms with Gasteiger partial charge < -0.3 is 14.8 Å². The third-order valence-electron chi connectivity index (χ3n) is 5.91. The molecule has 0 bridgehead atoms. The first-order valence-electron chi connectivity index (χ1n) is 10.8. The summed E-state index contributed by atoms with van der Waals surface area (Å²) in [6.07, 6.45) is 1.26. The molecule has 0 aliphatic carbocycles. The quantitative estimate of drug-likeness (QED) is 0.627. The molecule has 2 heterocycles. The smallest absolute Gasteiger partial charge is 0.224 e. The van der Waals surface area contributed by atoms with Gasteiger partial charge in [0.1, 0.15) is 13.2 Å². The van der Waals surface area contributed by atoms with Crippen molar-refractivity contribution in [2.45, 2.75) is 31.6 Å². The number of nitrogens with one attached hydrogen (secondary N) is 1. The first-order valence-corrected chi connectivity index (χ1v) is 13.2. The van der Waals surface area contributed by atoms with E-state index in [0.717, 1.165) is 5.56 Å². The summed E-state index contributed by atoms with van der Waals surface area (Å²) in [5.41, 5.74) is 1.45. The highest BCUT2D eigenvalue weighted by Crippen LogP contribution is 2.33. The van der Waals surface area contributed by atoms with Gasteiger partial charge in [-0.05, 0) is 55.2 Å². The van der Waals surface area contributed by atoms with Crippen molar-refractivity contribution in [2.24, 2.45) is 5.92 Å². The highest BCUT2D eigenvalue weighted by Gasteiger charge is 2.33. The van der Waals surface area contributed by atoms with E-state index in [1.54, 1.807) is 18.2 Å². The van der Waals surface area contributed by atoms with Crippen molar-refractivity contribution in [3.8, 4) is 11.5 Å². The molecule has 178 valence electrons. The van der Waals surface area contributed by atoms with Crippen molar-refractivity contribution >= 4 is 39.1 Å². The predicted molar refractivity (Wildman–Crippen MR) is 127 cm³/mol. The minimum atomic E-state index is -3.60. The third kappa shape index (κ3) is 5.74. The number of ether oxygens (including phenoxy) is 2. The number of hydrogen-bond donors (Lipinski definition) is 1. The van der Waals surface area contributed by atoms with E-state index in [4.69, 9.17) is 32.7 Å². The summed E-state index contributed by atoms with van der Waals surface area (Å²) in [6.45, 7) is 3.45. The second-order valence-corrected chi connectivity index (χ2v) is 11.1. The zero-order valence-electron chi connectivity index (χ0n) is 18.2. The Balaban J connectivity index is 1.39. The highest BCUT2D eigenvalue weighted by atomic mass is 35.5. The van der Waals surface area contributed by atoms with Gasteiger partial charge >= 0.3 is 0 Å². The topological polar surface area (TPSA) is 84.9 Å². The molecule has 10 heteroatoms. The Labute approximate surface area is 204 Å². The lowest BCUT2D eigenvalue weighted by molar-refractivity contribution is -0.126. The average molecular weight is 513 g/mol. The Bertz CT molecular complexity index is 1140. The van der Waals surface area contributed by atoms with Gasteiger partial charge in [-0.3, -0.25) is 4.79 Å². The van der Waals surface area contributed by atoms with E-state index in [1.165, 1.54) is 4.31 Å². The molecule has 1 amide bonds. The van der Waals surface area contributed by atoms with Gasteiger partial charge in [0.25, 0.3) is 0 Å². The van der Waals surface area contributed by atoms with Crippen LogP contribution in [0.5, 0.6) is 11.5 Å². The molecule has 0 saturated carbocycles. The van der Waals surface area contributed by atoms with Crippen LogP contribution >= 0.6 is 23.2 Å². The largest absolute Gasteiger partial charge is 0.486 e. The fourth-order valence-corrected chi connectivity index (χ4v) is 6.00. The Morgan fingerprint density at radius 1 is 1.12 bits per heavy atom. The van der Waals surface area contributed by atoms with Crippen molar-refractivity contribution in [1.29, 1.82) is 0 Å². The van der Waals surface area contributed by atoms with Gasteiger partial charge in [-0.2, -0.15) is 0 Å². The number of rotatable bonds is 6. The predicted octanol–water partition coefficient (Wildman–Crippen LogP) is 4.18. The van der Waals surface area contributed by atoms with Crippen molar-refractivity contribution in [1.82, 2.24) is 9.62 Å². The van der Waals surface area contributed by atoms with Crippen LogP contribution in [0.25, 0.3) is 0 Å². The van der Waals surface area contributed by atoms with Gasteiger partial charge in [-0.25, -0.2) is 12.7 Å². The molecule has 2 aliphatic heterocycles. The molecular weight excluding hydrogens is 487 g/mol. The van der Waals surface area contributed by atoms with Gasteiger partial charge in [-0.1, -0.05) is 35.3 Å². The standard InChI is InChI=1S/C23H26Cl2N2O5S/c1-15(17-5-7-21-22(12-17)32-10-9-31-21)26-23(28)18-3-2-8-27(13-18)33(29,30)14-16-4-6-19(24)20(25)11-16/h4-7,11-12,15,18H,2-3,8-10,13-14H2,1H3,(H,26,28)/t15-,18-/m0/s1. The van der Waals surface area contributed by atoms with Crippen molar-refractivity contribution in [3.05, 3.63) is 57.6 Å². The number of carbonyl (C=O) groups is 1. The van der Waals surface area contributed by atoms with Gasteiger partial charge in [-0.15, -0.1) is 0 Å². The highest BCUT2D eigenvalue weighted by molar-refractivity contribution is 7.88. The zero-order chi connectivity index (χ0) is 23.6. The van der Waals surface area contributed by atoms with Crippen LogP contribution in [0.15, 0.2) is 36.4 Å². The molecule has 7 nitrogen and oxygen atoms in total. The van der Waals surface area contributed by atoms with E-state index in [2.05, 4.69) is 5.32 Å². The molecule has 1 fully saturated rings. The number of piperidine rings is 1. The van der Waals surface area contributed by atoms with Crippen LogP contribution in [0.3, 0.4) is 0 Å².